The van der Waals surface area contributed by atoms with Crippen LogP contribution < -0.4 is 16.4 Å². The number of benzene rings is 7. The van der Waals surface area contributed by atoms with Crippen LogP contribution in [0.25, 0.3) is 78.2 Å². The molecular formula is C52H35BN6Pt. The Morgan fingerprint density at radius 2 is 1.22 bits per heavy atom. The second-order valence-corrected chi connectivity index (χ2v) is 14.7. The zero-order chi connectivity index (χ0) is 39.3. The van der Waals surface area contributed by atoms with Crippen molar-refractivity contribution in [2.24, 2.45) is 7.05 Å². The number of para-hydroxylation sites is 4. The van der Waals surface area contributed by atoms with Gasteiger partial charge in [0.1, 0.15) is 5.82 Å². The molecule has 8 heteroatoms. The zero-order valence-corrected chi connectivity index (χ0v) is 34.8. The molecule has 0 aliphatic heterocycles. The summed E-state index contributed by atoms with van der Waals surface area (Å²) < 4.78 is 6.49. The summed E-state index contributed by atoms with van der Waals surface area (Å²) in [6.45, 7) is -0.368. The van der Waals surface area contributed by atoms with E-state index < -0.39 is 0 Å². The van der Waals surface area contributed by atoms with Gasteiger partial charge in [0.15, 0.2) is 0 Å². The number of imidazole rings is 1. The Morgan fingerprint density at radius 1 is 0.550 bits per heavy atom. The van der Waals surface area contributed by atoms with E-state index in [9.17, 15) is 0 Å². The third-order valence-electron chi connectivity index (χ3n) is 11.3. The van der Waals surface area contributed by atoms with Crippen molar-refractivity contribution in [3.05, 3.63) is 206 Å². The van der Waals surface area contributed by atoms with Crippen molar-refractivity contribution in [1.82, 2.24) is 28.9 Å². The molecule has 0 radical (unpaired) electrons. The number of hydrogen-bond acceptors (Lipinski definition) is 3. The van der Waals surface area contributed by atoms with Gasteiger partial charge in [0.2, 0.25) is 6.71 Å². The van der Waals surface area contributed by atoms with Gasteiger partial charge in [0.05, 0.1) is 33.9 Å². The number of rotatable bonds is 8. The Kier molecular flexibility index (Phi) is 9.67. The van der Waals surface area contributed by atoms with Gasteiger partial charge in [0, 0.05) is 24.3 Å². The van der Waals surface area contributed by atoms with Crippen molar-refractivity contribution in [2.75, 3.05) is 0 Å². The standard InChI is InChI=1S/C52H35BN6.Pt/c1-57-46-29-14-12-27-44(46)55-52(57)38-22-17-23-39(34-38)53(40-31-32-43-42-26-11-13-28-45(42)58(47(43)35-40)48-30-15-16-33-54-48)49-50(36-18-5-2-6-19-36)56-59(41-24-9-4-10-25-41)51(49)37-20-7-3-8-21-37;/h2-33H,1H3;/q-2;+2. The fourth-order valence-corrected chi connectivity index (χ4v) is 8.59. The first-order chi connectivity index (χ1) is 29.2. The van der Waals surface area contributed by atoms with Gasteiger partial charge in [0.25, 0.3) is 0 Å². The molecule has 0 aliphatic carbocycles. The third-order valence-corrected chi connectivity index (χ3v) is 11.3. The van der Waals surface area contributed by atoms with Crippen LogP contribution in [0.15, 0.2) is 194 Å². The fraction of sp³-hybridized carbons (Fsp3) is 0.0192. The van der Waals surface area contributed by atoms with Gasteiger partial charge in [-0.2, -0.15) is 34.2 Å². The molecule has 11 aromatic rings. The summed E-state index contributed by atoms with van der Waals surface area (Å²) in [4.78, 5) is 9.95. The molecular weight excluding hydrogens is 915 g/mol. The van der Waals surface area contributed by atoms with Gasteiger partial charge in [-0.1, -0.05) is 121 Å². The maximum Gasteiger partial charge on any atom is 2.00 e. The molecule has 0 aliphatic rings. The molecule has 0 unspecified atom stereocenters. The summed E-state index contributed by atoms with van der Waals surface area (Å²) in [6, 6.07) is 73.3. The first-order valence-electron chi connectivity index (χ1n) is 19.8. The van der Waals surface area contributed by atoms with Crippen LogP contribution in [-0.4, -0.2) is 35.6 Å². The van der Waals surface area contributed by atoms with Crippen LogP contribution in [0.1, 0.15) is 0 Å². The van der Waals surface area contributed by atoms with E-state index in [1.54, 1.807) is 0 Å². The average Bonchev–Trinajstić information content (AvgIpc) is 3.97. The smallest absolute Gasteiger partial charge is 0.367 e. The number of aryl methyl sites for hydroxylation is 1. The van der Waals surface area contributed by atoms with Gasteiger partial charge < -0.3 is 9.13 Å². The normalized spacial score (nSPS) is 11.3. The van der Waals surface area contributed by atoms with Crippen LogP contribution >= 0.6 is 0 Å². The van der Waals surface area contributed by atoms with Crippen molar-refractivity contribution >= 4 is 55.9 Å². The molecule has 7 aromatic carbocycles. The Labute approximate surface area is 362 Å². The number of hydrogen-bond donors (Lipinski definition) is 0. The minimum atomic E-state index is -0.368. The van der Waals surface area contributed by atoms with Crippen LogP contribution in [0, 0.1) is 12.1 Å². The maximum atomic E-state index is 5.54. The van der Waals surface area contributed by atoms with E-state index in [4.69, 9.17) is 15.1 Å². The fourth-order valence-electron chi connectivity index (χ4n) is 8.59. The molecule has 11 rings (SSSR count). The first-order valence-corrected chi connectivity index (χ1v) is 19.8. The van der Waals surface area contributed by atoms with E-state index in [-0.39, 0.29) is 27.8 Å². The predicted molar refractivity (Wildman–Crippen MR) is 241 cm³/mol. The molecule has 6 nitrogen and oxygen atoms in total. The van der Waals surface area contributed by atoms with Crippen LogP contribution in [0.4, 0.5) is 0 Å². The monoisotopic (exact) mass is 949 g/mol. The van der Waals surface area contributed by atoms with Crippen molar-refractivity contribution in [3.8, 4) is 45.4 Å². The van der Waals surface area contributed by atoms with Gasteiger partial charge in [-0.25, -0.2) is 9.67 Å². The minimum absolute atomic E-state index is 0. The third kappa shape index (κ3) is 6.30. The predicted octanol–water partition coefficient (Wildman–Crippen LogP) is 9.37. The number of nitrogens with zero attached hydrogens (tertiary/aromatic N) is 6. The molecule has 0 amide bonds. The summed E-state index contributed by atoms with van der Waals surface area (Å²) >= 11 is 0. The summed E-state index contributed by atoms with van der Waals surface area (Å²) in [5.41, 5.74) is 12.9. The van der Waals surface area contributed by atoms with E-state index in [1.165, 1.54) is 0 Å². The van der Waals surface area contributed by atoms with Gasteiger partial charge in [-0.3, -0.25) is 4.98 Å². The molecule has 0 spiro atoms. The summed E-state index contributed by atoms with van der Waals surface area (Å²) in [5.74, 6) is 1.69. The minimum Gasteiger partial charge on any atom is -0.367 e. The largest absolute Gasteiger partial charge is 2.00 e. The van der Waals surface area contributed by atoms with E-state index >= 15 is 0 Å². The Hall–Kier alpha value is -7.08. The van der Waals surface area contributed by atoms with Crippen molar-refractivity contribution in [1.29, 1.82) is 0 Å². The molecule has 0 atom stereocenters. The van der Waals surface area contributed by atoms with Crippen molar-refractivity contribution < 1.29 is 21.1 Å². The Morgan fingerprint density at radius 3 is 1.97 bits per heavy atom. The summed E-state index contributed by atoms with van der Waals surface area (Å²) in [7, 11) is 2.08. The van der Waals surface area contributed by atoms with Crippen LogP contribution in [0.5, 0.6) is 0 Å². The van der Waals surface area contributed by atoms with Crippen molar-refractivity contribution in [3.63, 3.8) is 0 Å². The van der Waals surface area contributed by atoms with Gasteiger partial charge in [-0.15, -0.1) is 35.2 Å². The molecule has 0 saturated carbocycles. The van der Waals surface area contributed by atoms with Crippen LogP contribution in [0.2, 0.25) is 0 Å². The van der Waals surface area contributed by atoms with Crippen LogP contribution in [-0.2, 0) is 28.1 Å². The number of fused-ring (bicyclic) bond motifs is 4. The summed E-state index contributed by atoms with van der Waals surface area (Å²) in [5, 5.41) is 7.80. The molecule has 0 bridgehead atoms. The Bertz CT molecular complexity index is 3290. The maximum absolute atomic E-state index is 5.54. The van der Waals surface area contributed by atoms with Crippen LogP contribution in [0.3, 0.4) is 0 Å². The molecule has 0 saturated heterocycles. The van der Waals surface area contributed by atoms with Gasteiger partial charge >= 0.3 is 21.1 Å². The Balaban J connectivity index is 0.00000433. The van der Waals surface area contributed by atoms with E-state index in [2.05, 4.69) is 197 Å². The van der Waals surface area contributed by atoms with E-state index in [1.807, 2.05) is 30.5 Å². The van der Waals surface area contributed by atoms with E-state index in [0.29, 0.717) is 0 Å². The molecule has 286 valence electrons. The quantitative estimate of drug-likeness (QED) is 0.113. The average molecular weight is 950 g/mol. The number of aromatic nitrogens is 6. The van der Waals surface area contributed by atoms with Crippen molar-refractivity contribution in [2.45, 2.75) is 0 Å². The molecule has 0 N–H and O–H groups in total. The summed E-state index contributed by atoms with van der Waals surface area (Å²) in [6.07, 6.45) is 1.85. The second-order valence-electron chi connectivity index (χ2n) is 14.7. The molecule has 0 fully saturated rings. The number of pyridine rings is 1. The molecule has 4 aromatic heterocycles. The SMILES string of the molecule is Cn1c(-c2[c-]c(B(c3[c-]c4c(cc3)c3ccccc3n4-c3ccccn3)c3c(-c4ccccc4)nn(-c4ccccc4)c3-c3ccccc3)ccc2)nc2ccccc21.[Pt+2]. The van der Waals surface area contributed by atoms with E-state index in [0.717, 1.165) is 94.6 Å². The topological polar surface area (TPSA) is 53.5 Å². The second kappa shape index (κ2) is 15.6. The molecule has 60 heavy (non-hydrogen) atoms. The van der Waals surface area contributed by atoms with Gasteiger partial charge in [-0.05, 0) is 58.9 Å². The zero-order valence-electron chi connectivity index (χ0n) is 32.6. The first kappa shape index (κ1) is 37.2. The molecule has 4 heterocycles.